The number of nitrogens with one attached hydrogen (secondary N) is 2. The molecule has 2 N–H and O–H groups in total. The van der Waals surface area contributed by atoms with E-state index < -0.39 is 5.41 Å². The normalized spacial score (nSPS) is 30.0. The van der Waals surface area contributed by atoms with Crippen molar-refractivity contribution in [1.82, 2.24) is 10.6 Å². The van der Waals surface area contributed by atoms with Gasteiger partial charge in [0.15, 0.2) is 11.9 Å². The quantitative estimate of drug-likeness (QED) is 0.805. The molecular weight excluding hydrogens is 374 g/mol. The lowest BCUT2D eigenvalue weighted by molar-refractivity contribution is -0.119. The number of carbonyl (C=O) groups is 1. The largest absolute Gasteiger partial charge is 0.369 e. The molecule has 30 heavy (non-hydrogen) atoms. The number of carbonyl (C=O) groups excluding carboxylic acids is 1. The molecule has 0 amide bonds. The van der Waals surface area contributed by atoms with Crippen LogP contribution in [0.3, 0.4) is 0 Å². The maximum absolute atomic E-state index is 13.6. The molecule has 1 saturated heterocycles. The van der Waals surface area contributed by atoms with Gasteiger partial charge in [0.2, 0.25) is 0 Å². The maximum Gasteiger partial charge on any atom is 0.164 e. The smallest absolute Gasteiger partial charge is 0.164 e. The first-order valence-electron chi connectivity index (χ1n) is 11.1. The van der Waals surface area contributed by atoms with Gasteiger partial charge in [-0.15, -0.1) is 0 Å². The van der Waals surface area contributed by atoms with E-state index in [1.54, 1.807) is 0 Å². The molecular formula is C24H31N5O. The molecule has 2 atom stereocenters. The predicted octanol–water partition coefficient (Wildman–Crippen LogP) is 3.67. The van der Waals surface area contributed by atoms with Crippen molar-refractivity contribution in [3.8, 4) is 0 Å². The third kappa shape index (κ3) is 2.92. The van der Waals surface area contributed by atoms with E-state index in [1.807, 2.05) is 6.20 Å². The van der Waals surface area contributed by atoms with Gasteiger partial charge in [0.25, 0.3) is 0 Å². The van der Waals surface area contributed by atoms with Crippen molar-refractivity contribution in [2.24, 2.45) is 15.6 Å². The number of fused-ring (bicyclic) bond motifs is 1. The Labute approximate surface area is 178 Å². The number of rotatable bonds is 3. The summed E-state index contributed by atoms with van der Waals surface area (Å²) in [5.74, 6) is 0.259. The molecule has 158 valence electrons. The highest BCUT2D eigenvalue weighted by atomic mass is 16.1. The molecule has 1 aliphatic carbocycles. The molecule has 0 radical (unpaired) electrons. The van der Waals surface area contributed by atoms with Crippen LogP contribution in [0, 0.1) is 5.41 Å². The molecule has 4 aliphatic rings. The first-order chi connectivity index (χ1) is 14.4. The van der Waals surface area contributed by atoms with Crippen LogP contribution in [0.15, 0.2) is 57.5 Å². The molecule has 1 fully saturated rings. The van der Waals surface area contributed by atoms with Crippen LogP contribution >= 0.6 is 0 Å². The second-order valence-corrected chi connectivity index (χ2v) is 9.70. The van der Waals surface area contributed by atoms with Crippen molar-refractivity contribution in [3.05, 3.63) is 52.9 Å². The number of hydrogen-bond acceptors (Lipinski definition) is 6. The summed E-state index contributed by atoms with van der Waals surface area (Å²) < 4.78 is 0. The van der Waals surface area contributed by atoms with Crippen LogP contribution in [-0.2, 0) is 10.2 Å². The molecule has 0 bridgehead atoms. The van der Waals surface area contributed by atoms with Gasteiger partial charge in [0.1, 0.15) is 0 Å². The van der Waals surface area contributed by atoms with Crippen LogP contribution in [0.1, 0.15) is 45.6 Å². The van der Waals surface area contributed by atoms with Crippen molar-refractivity contribution in [3.63, 3.8) is 0 Å². The Bertz CT molecular complexity index is 970. The Morgan fingerprint density at radius 2 is 2.00 bits per heavy atom. The molecule has 0 aromatic heterocycles. The maximum atomic E-state index is 13.6. The molecule has 0 saturated carbocycles. The summed E-state index contributed by atoms with van der Waals surface area (Å²) in [6.45, 7) is 10.5. The van der Waals surface area contributed by atoms with Crippen molar-refractivity contribution < 1.29 is 4.79 Å². The lowest BCUT2D eigenvalue weighted by Crippen LogP contribution is -2.51. The molecule has 6 heteroatoms. The highest BCUT2D eigenvalue weighted by Crippen LogP contribution is 2.53. The number of ketones is 1. The second kappa shape index (κ2) is 7.05. The molecule has 1 aromatic carbocycles. The average molecular weight is 406 g/mol. The van der Waals surface area contributed by atoms with Gasteiger partial charge in [-0.1, -0.05) is 32.9 Å². The van der Waals surface area contributed by atoms with Crippen LogP contribution in [0.5, 0.6) is 0 Å². The van der Waals surface area contributed by atoms with Gasteiger partial charge in [-0.2, -0.15) is 10.2 Å². The van der Waals surface area contributed by atoms with Crippen LogP contribution in [0.25, 0.3) is 0 Å². The molecule has 3 heterocycles. The third-order valence-electron chi connectivity index (χ3n) is 7.13. The Morgan fingerprint density at radius 1 is 1.20 bits per heavy atom. The third-order valence-corrected chi connectivity index (χ3v) is 7.13. The minimum absolute atomic E-state index is 0.0397. The fourth-order valence-corrected chi connectivity index (χ4v) is 5.78. The van der Waals surface area contributed by atoms with E-state index in [-0.39, 0.29) is 17.4 Å². The highest BCUT2D eigenvalue weighted by molar-refractivity contribution is 6.01. The minimum atomic E-state index is -0.466. The molecule has 5 rings (SSSR count). The number of benzene rings is 1. The second-order valence-electron chi connectivity index (χ2n) is 9.70. The number of Topliss-reactive ketones (excluding diaryl/α,β-unsaturated/α-hetero) is 1. The number of anilines is 1. The van der Waals surface area contributed by atoms with Gasteiger partial charge in [-0.25, -0.2) is 0 Å². The molecule has 2 unspecified atom stereocenters. The average Bonchev–Trinajstić information content (AvgIpc) is 3.21. The summed E-state index contributed by atoms with van der Waals surface area (Å²) in [5, 5.41) is 15.7. The molecule has 1 aromatic rings. The van der Waals surface area contributed by atoms with Gasteiger partial charge < -0.3 is 15.5 Å². The van der Waals surface area contributed by atoms with E-state index in [9.17, 15) is 4.79 Å². The molecule has 3 aliphatic heterocycles. The van der Waals surface area contributed by atoms with Gasteiger partial charge in [0.05, 0.1) is 11.6 Å². The van der Waals surface area contributed by atoms with Crippen LogP contribution in [-0.4, -0.2) is 38.1 Å². The number of piperazine rings is 1. The van der Waals surface area contributed by atoms with Crippen LogP contribution < -0.4 is 15.5 Å². The van der Waals surface area contributed by atoms with E-state index >= 15 is 0 Å². The van der Waals surface area contributed by atoms with Gasteiger partial charge in [-0.3, -0.25) is 4.79 Å². The first kappa shape index (κ1) is 19.5. The SMILES string of the molecule is CCC1(c2cccc(N3CCNCC3)c2)C2=CN=NC2NC2=C1C(=O)CC(C)(C)C2. The predicted molar refractivity (Wildman–Crippen MR) is 118 cm³/mol. The number of allylic oxidation sites excluding steroid dienone is 2. The zero-order chi connectivity index (χ0) is 20.9. The minimum Gasteiger partial charge on any atom is -0.369 e. The van der Waals surface area contributed by atoms with Crippen LogP contribution in [0.2, 0.25) is 0 Å². The number of hydrogen-bond donors (Lipinski definition) is 2. The van der Waals surface area contributed by atoms with Gasteiger partial charge in [-0.05, 0) is 36.0 Å². The van der Waals surface area contributed by atoms with E-state index in [1.165, 1.54) is 11.3 Å². The fourth-order valence-electron chi connectivity index (χ4n) is 5.78. The first-order valence-corrected chi connectivity index (χ1v) is 11.1. The van der Waals surface area contributed by atoms with E-state index in [4.69, 9.17) is 0 Å². The van der Waals surface area contributed by atoms with E-state index in [2.05, 4.69) is 70.8 Å². The Balaban J connectivity index is 1.68. The fraction of sp³-hybridized carbons (Fsp3) is 0.542. The molecule has 6 nitrogen and oxygen atoms in total. The molecule has 0 spiro atoms. The number of nitrogens with zero attached hydrogens (tertiary/aromatic N) is 3. The van der Waals surface area contributed by atoms with E-state index in [0.717, 1.165) is 55.9 Å². The summed E-state index contributed by atoms with van der Waals surface area (Å²) >= 11 is 0. The standard InChI is InChI=1S/C24H31N5O/c1-4-24(16-6-5-7-17(12-16)29-10-8-25-9-11-29)18-15-26-28-22(18)27-19-13-23(2,3)14-20(30)21(19)24/h5-7,12,15,22,25,27H,4,8-11,13-14H2,1-3H3. The lowest BCUT2D eigenvalue weighted by atomic mass is 9.59. The Morgan fingerprint density at radius 3 is 2.77 bits per heavy atom. The Kier molecular flexibility index (Phi) is 4.58. The highest BCUT2D eigenvalue weighted by Gasteiger charge is 2.53. The monoisotopic (exact) mass is 405 g/mol. The van der Waals surface area contributed by atoms with Gasteiger partial charge in [0, 0.05) is 55.1 Å². The van der Waals surface area contributed by atoms with Crippen LogP contribution in [0.4, 0.5) is 5.69 Å². The van der Waals surface area contributed by atoms with E-state index in [0.29, 0.717) is 6.42 Å². The zero-order valence-corrected chi connectivity index (χ0v) is 18.2. The summed E-state index contributed by atoms with van der Waals surface area (Å²) in [4.78, 5) is 16.0. The van der Waals surface area contributed by atoms with Gasteiger partial charge >= 0.3 is 0 Å². The summed E-state index contributed by atoms with van der Waals surface area (Å²) in [6, 6.07) is 8.82. The van der Waals surface area contributed by atoms with Crippen molar-refractivity contribution >= 4 is 11.5 Å². The summed E-state index contributed by atoms with van der Waals surface area (Å²) in [6.07, 6.45) is 3.98. The summed E-state index contributed by atoms with van der Waals surface area (Å²) in [7, 11) is 0. The zero-order valence-electron chi connectivity index (χ0n) is 18.2. The Hall–Kier alpha value is -2.47. The van der Waals surface area contributed by atoms with Crippen molar-refractivity contribution in [2.45, 2.75) is 51.6 Å². The van der Waals surface area contributed by atoms with Crippen molar-refractivity contribution in [1.29, 1.82) is 0 Å². The summed E-state index contributed by atoms with van der Waals surface area (Å²) in [5.41, 5.74) is 5.02. The topological polar surface area (TPSA) is 69.1 Å². The lowest BCUT2D eigenvalue weighted by Gasteiger charge is -2.48. The number of azo groups is 1. The van der Waals surface area contributed by atoms with Crippen molar-refractivity contribution in [2.75, 3.05) is 31.1 Å².